The average Bonchev–Trinajstić information content (AvgIpc) is 2.34. The molecule has 0 unspecified atom stereocenters. The van der Waals surface area contributed by atoms with Gasteiger partial charge >= 0.3 is 5.97 Å². The van der Waals surface area contributed by atoms with Gasteiger partial charge in [0.2, 0.25) is 0 Å². The van der Waals surface area contributed by atoms with Crippen LogP contribution in [0.2, 0.25) is 0 Å². The lowest BCUT2D eigenvalue weighted by molar-refractivity contribution is 0.0694. The van der Waals surface area contributed by atoms with Crippen molar-refractivity contribution in [2.75, 3.05) is 0 Å². The van der Waals surface area contributed by atoms with E-state index in [1.807, 2.05) is 19.1 Å². The van der Waals surface area contributed by atoms with E-state index in [4.69, 9.17) is 4.74 Å². The summed E-state index contributed by atoms with van der Waals surface area (Å²) in [5.74, 6) is -0.0693. The van der Waals surface area contributed by atoms with Crippen LogP contribution in [0.5, 0.6) is 11.5 Å². The first kappa shape index (κ1) is 14.1. The van der Waals surface area contributed by atoms with Gasteiger partial charge in [-0.15, -0.1) is 0 Å². The number of hydrogen-bond donors (Lipinski definition) is 1. The zero-order chi connectivity index (χ0) is 14.0. The minimum atomic E-state index is -1.02. The van der Waals surface area contributed by atoms with Gasteiger partial charge in [-0.05, 0) is 48.9 Å². The largest absolute Gasteiger partial charge is 0.478 e. The van der Waals surface area contributed by atoms with Gasteiger partial charge in [0.05, 0.1) is 0 Å². The fraction of sp³-hybridized carbons (Fsp3) is 0.0714. The maximum atomic E-state index is 11.2. The number of carboxylic acids is 1. The highest BCUT2D eigenvalue weighted by atomic mass is 79.9. The molecule has 0 amide bonds. The van der Waals surface area contributed by atoms with Gasteiger partial charge in [-0.25, -0.2) is 4.79 Å². The molecule has 1 N–H and O–H groups in total. The van der Waals surface area contributed by atoms with Crippen molar-refractivity contribution in [2.45, 2.75) is 6.92 Å². The lowest BCUT2D eigenvalue weighted by atomic mass is 10.2. The number of benzene rings is 2. The van der Waals surface area contributed by atoms with Crippen LogP contribution in [0.15, 0.2) is 45.3 Å². The maximum Gasteiger partial charge on any atom is 0.339 e. The molecule has 0 aliphatic rings. The third kappa shape index (κ3) is 3.36. The van der Waals surface area contributed by atoms with Crippen molar-refractivity contribution < 1.29 is 14.6 Å². The summed E-state index contributed by atoms with van der Waals surface area (Å²) < 4.78 is 7.34. The summed E-state index contributed by atoms with van der Waals surface area (Å²) in [6.07, 6.45) is 0. The highest BCUT2D eigenvalue weighted by Gasteiger charge is 2.13. The molecule has 19 heavy (non-hydrogen) atoms. The molecule has 5 heteroatoms. The summed E-state index contributed by atoms with van der Waals surface area (Å²) in [6, 6.07) is 10.5. The Balaban J connectivity index is 2.40. The number of aromatic carboxylic acids is 1. The smallest absolute Gasteiger partial charge is 0.339 e. The van der Waals surface area contributed by atoms with Crippen LogP contribution < -0.4 is 4.74 Å². The Bertz CT molecular complexity index is 639. The molecular formula is C14H10Br2O3. The van der Waals surface area contributed by atoms with Crippen molar-refractivity contribution in [3.8, 4) is 11.5 Å². The zero-order valence-corrected chi connectivity index (χ0v) is 13.2. The van der Waals surface area contributed by atoms with Gasteiger partial charge in [-0.3, -0.25) is 0 Å². The summed E-state index contributed by atoms with van der Waals surface area (Å²) in [4.78, 5) is 11.2. The van der Waals surface area contributed by atoms with Gasteiger partial charge < -0.3 is 9.84 Å². The Morgan fingerprint density at radius 1 is 1.05 bits per heavy atom. The molecule has 0 aliphatic heterocycles. The molecule has 0 atom stereocenters. The zero-order valence-electron chi connectivity index (χ0n) is 9.98. The van der Waals surface area contributed by atoms with E-state index >= 15 is 0 Å². The van der Waals surface area contributed by atoms with Crippen LogP contribution >= 0.6 is 31.9 Å². The Morgan fingerprint density at radius 3 is 2.21 bits per heavy atom. The van der Waals surface area contributed by atoms with E-state index in [2.05, 4.69) is 31.9 Å². The third-order valence-corrected chi connectivity index (χ3v) is 3.52. The first-order valence-electron chi connectivity index (χ1n) is 5.44. The Labute approximate surface area is 127 Å². The fourth-order valence-corrected chi connectivity index (χ4v) is 2.44. The van der Waals surface area contributed by atoms with E-state index in [1.54, 1.807) is 18.2 Å². The molecule has 0 saturated carbocycles. The van der Waals surface area contributed by atoms with Crippen LogP contribution in [0.1, 0.15) is 15.9 Å². The van der Waals surface area contributed by atoms with Crippen molar-refractivity contribution >= 4 is 37.8 Å². The summed E-state index contributed by atoms with van der Waals surface area (Å²) in [6.45, 7) is 1.90. The fourth-order valence-electron chi connectivity index (χ4n) is 1.60. The summed E-state index contributed by atoms with van der Waals surface area (Å²) in [5, 5.41) is 9.17. The second kappa shape index (κ2) is 5.75. The second-order valence-corrected chi connectivity index (χ2v) is 5.79. The van der Waals surface area contributed by atoms with Gasteiger partial charge in [0, 0.05) is 8.95 Å². The predicted molar refractivity (Wildman–Crippen MR) is 80.1 cm³/mol. The lowest BCUT2D eigenvalue weighted by Gasteiger charge is -2.11. The second-order valence-electron chi connectivity index (χ2n) is 3.96. The molecular weight excluding hydrogens is 376 g/mol. The van der Waals surface area contributed by atoms with Gasteiger partial charge in [-0.2, -0.15) is 0 Å². The van der Waals surface area contributed by atoms with Crippen molar-refractivity contribution in [3.05, 3.63) is 56.5 Å². The minimum Gasteiger partial charge on any atom is -0.478 e. The maximum absolute atomic E-state index is 11.2. The normalized spacial score (nSPS) is 10.3. The SMILES string of the molecule is Cc1cc(Br)ccc1Oc1ccc(Br)cc1C(=O)O. The van der Waals surface area contributed by atoms with E-state index in [1.165, 1.54) is 6.07 Å². The molecule has 98 valence electrons. The molecule has 2 aromatic carbocycles. The van der Waals surface area contributed by atoms with Gasteiger partial charge in [0.15, 0.2) is 0 Å². The Hall–Kier alpha value is -1.33. The molecule has 2 aromatic rings. The predicted octanol–water partition coefficient (Wildman–Crippen LogP) is 5.01. The number of ether oxygens (including phenoxy) is 1. The molecule has 0 aromatic heterocycles. The van der Waals surface area contributed by atoms with E-state index in [0.29, 0.717) is 16.0 Å². The standard InChI is InChI=1S/C14H10Br2O3/c1-8-6-9(15)2-4-12(8)19-13-5-3-10(16)7-11(13)14(17)18/h2-7H,1H3,(H,17,18). The Kier molecular flexibility index (Phi) is 4.27. The van der Waals surface area contributed by atoms with Crippen LogP contribution in [0.3, 0.4) is 0 Å². The monoisotopic (exact) mass is 384 g/mol. The van der Waals surface area contributed by atoms with E-state index in [0.717, 1.165) is 10.0 Å². The van der Waals surface area contributed by atoms with E-state index < -0.39 is 5.97 Å². The highest BCUT2D eigenvalue weighted by molar-refractivity contribution is 9.10. The molecule has 0 saturated heterocycles. The van der Waals surface area contributed by atoms with E-state index in [9.17, 15) is 9.90 Å². The summed E-state index contributed by atoms with van der Waals surface area (Å²) in [7, 11) is 0. The number of halogens is 2. The van der Waals surface area contributed by atoms with E-state index in [-0.39, 0.29) is 5.56 Å². The molecule has 2 rings (SSSR count). The molecule has 0 radical (unpaired) electrons. The average molecular weight is 386 g/mol. The van der Waals surface area contributed by atoms with Crippen molar-refractivity contribution in [1.82, 2.24) is 0 Å². The minimum absolute atomic E-state index is 0.122. The first-order chi connectivity index (χ1) is 8.97. The summed E-state index contributed by atoms with van der Waals surface area (Å²) in [5.41, 5.74) is 1.05. The number of rotatable bonds is 3. The van der Waals surface area contributed by atoms with Gasteiger partial charge in [0.25, 0.3) is 0 Å². The lowest BCUT2D eigenvalue weighted by Crippen LogP contribution is -2.00. The van der Waals surface area contributed by atoms with Crippen LogP contribution in [0, 0.1) is 6.92 Å². The Morgan fingerprint density at radius 2 is 1.63 bits per heavy atom. The molecule has 0 heterocycles. The number of carbonyl (C=O) groups is 1. The van der Waals surface area contributed by atoms with Crippen molar-refractivity contribution in [1.29, 1.82) is 0 Å². The van der Waals surface area contributed by atoms with Gasteiger partial charge in [0.1, 0.15) is 17.1 Å². The molecule has 0 bridgehead atoms. The van der Waals surface area contributed by atoms with Gasteiger partial charge in [-0.1, -0.05) is 31.9 Å². The summed E-state index contributed by atoms with van der Waals surface area (Å²) >= 11 is 6.62. The van der Waals surface area contributed by atoms with Crippen molar-refractivity contribution in [2.24, 2.45) is 0 Å². The van der Waals surface area contributed by atoms with Crippen molar-refractivity contribution in [3.63, 3.8) is 0 Å². The molecule has 0 aliphatic carbocycles. The van der Waals surface area contributed by atoms with Crippen LogP contribution in [0.25, 0.3) is 0 Å². The molecule has 0 fully saturated rings. The van der Waals surface area contributed by atoms with Crippen LogP contribution in [-0.2, 0) is 0 Å². The number of carboxylic acid groups (broad SMARTS) is 1. The highest BCUT2D eigenvalue weighted by Crippen LogP contribution is 2.31. The number of hydrogen-bond acceptors (Lipinski definition) is 2. The molecule has 0 spiro atoms. The quantitative estimate of drug-likeness (QED) is 0.807. The third-order valence-electron chi connectivity index (χ3n) is 2.53. The first-order valence-corrected chi connectivity index (χ1v) is 7.03. The molecule has 3 nitrogen and oxygen atoms in total. The topological polar surface area (TPSA) is 46.5 Å². The van der Waals surface area contributed by atoms with Crippen LogP contribution in [0.4, 0.5) is 0 Å². The number of aryl methyl sites for hydroxylation is 1. The van der Waals surface area contributed by atoms with Crippen LogP contribution in [-0.4, -0.2) is 11.1 Å².